The van der Waals surface area contributed by atoms with Crippen molar-refractivity contribution >= 4 is 28.6 Å². The molecule has 6 nitrogen and oxygen atoms in total. The van der Waals surface area contributed by atoms with Gasteiger partial charge in [-0.15, -0.1) is 0 Å². The van der Waals surface area contributed by atoms with E-state index in [4.69, 9.17) is 16.0 Å². The van der Waals surface area contributed by atoms with Crippen LogP contribution in [0.1, 0.15) is 31.4 Å². The number of hydrogen-bond acceptors (Lipinski definition) is 4. The molecule has 0 saturated carbocycles. The summed E-state index contributed by atoms with van der Waals surface area (Å²) in [5.41, 5.74) is 2.36. The SMILES string of the molecule is CC(C(=O)NC1CCN(Cc2ccc(Cl)cc2)CC1)n1c(=O)oc2ccccc21. The van der Waals surface area contributed by atoms with Gasteiger partial charge in [-0.25, -0.2) is 4.79 Å². The third-order valence-electron chi connectivity index (χ3n) is 5.54. The number of nitrogens with zero attached hydrogens (tertiary/aromatic N) is 2. The van der Waals surface area contributed by atoms with E-state index in [1.165, 1.54) is 10.1 Å². The van der Waals surface area contributed by atoms with Crippen molar-refractivity contribution in [2.24, 2.45) is 0 Å². The van der Waals surface area contributed by atoms with Gasteiger partial charge in [-0.2, -0.15) is 0 Å². The molecular weight excluding hydrogens is 390 g/mol. The van der Waals surface area contributed by atoms with Gasteiger partial charge in [0.25, 0.3) is 0 Å². The molecule has 1 fully saturated rings. The molecule has 1 aromatic heterocycles. The molecule has 1 atom stereocenters. The molecule has 0 bridgehead atoms. The summed E-state index contributed by atoms with van der Waals surface area (Å²) in [5.74, 6) is -0.665. The number of carbonyl (C=O) groups excluding carboxylic acids is 1. The minimum atomic E-state index is -0.627. The van der Waals surface area contributed by atoms with Crippen LogP contribution in [0, 0.1) is 0 Å². The van der Waals surface area contributed by atoms with E-state index in [1.54, 1.807) is 25.1 Å². The Morgan fingerprint density at radius 3 is 2.59 bits per heavy atom. The second kappa shape index (κ2) is 8.43. The van der Waals surface area contributed by atoms with Crippen molar-refractivity contribution in [3.8, 4) is 0 Å². The number of fused-ring (bicyclic) bond motifs is 1. The Balaban J connectivity index is 1.34. The molecule has 1 aliphatic rings. The third kappa shape index (κ3) is 4.38. The average molecular weight is 414 g/mol. The van der Waals surface area contributed by atoms with Crippen LogP contribution in [0.15, 0.2) is 57.7 Å². The number of piperidine rings is 1. The lowest BCUT2D eigenvalue weighted by atomic mass is 10.0. The average Bonchev–Trinajstić information content (AvgIpc) is 3.06. The lowest BCUT2D eigenvalue weighted by Crippen LogP contribution is -2.46. The van der Waals surface area contributed by atoms with E-state index in [0.29, 0.717) is 11.1 Å². The van der Waals surface area contributed by atoms with E-state index < -0.39 is 11.8 Å². The third-order valence-corrected chi connectivity index (χ3v) is 5.79. The number of amides is 1. The van der Waals surface area contributed by atoms with Crippen LogP contribution in [0.25, 0.3) is 11.1 Å². The quantitative estimate of drug-likeness (QED) is 0.694. The van der Waals surface area contributed by atoms with Gasteiger partial charge in [0.05, 0.1) is 5.52 Å². The van der Waals surface area contributed by atoms with Gasteiger partial charge in [-0.1, -0.05) is 35.9 Å². The first-order valence-electron chi connectivity index (χ1n) is 9.88. The first kappa shape index (κ1) is 19.7. The van der Waals surface area contributed by atoms with Crippen molar-refractivity contribution in [2.45, 2.75) is 38.4 Å². The first-order chi connectivity index (χ1) is 14.0. The predicted octanol–water partition coefficient (Wildman–Crippen LogP) is 3.59. The van der Waals surface area contributed by atoms with Crippen LogP contribution in [-0.2, 0) is 11.3 Å². The zero-order valence-electron chi connectivity index (χ0n) is 16.3. The molecule has 2 aromatic carbocycles. The molecule has 1 N–H and O–H groups in total. The molecule has 1 saturated heterocycles. The second-order valence-electron chi connectivity index (χ2n) is 7.57. The maximum absolute atomic E-state index is 12.8. The highest BCUT2D eigenvalue weighted by Gasteiger charge is 2.25. The van der Waals surface area contributed by atoms with Crippen LogP contribution in [-0.4, -0.2) is 34.5 Å². The lowest BCUT2D eigenvalue weighted by Gasteiger charge is -2.33. The van der Waals surface area contributed by atoms with Crippen molar-refractivity contribution in [1.82, 2.24) is 14.8 Å². The Bertz CT molecular complexity index is 1050. The monoisotopic (exact) mass is 413 g/mol. The number of rotatable bonds is 5. The summed E-state index contributed by atoms with van der Waals surface area (Å²) in [6, 6.07) is 14.5. The smallest absolute Gasteiger partial charge is 0.408 e. The molecule has 0 aliphatic carbocycles. The fraction of sp³-hybridized carbons (Fsp3) is 0.364. The van der Waals surface area contributed by atoms with Crippen LogP contribution >= 0.6 is 11.6 Å². The Labute approximate surface area is 174 Å². The number of aromatic nitrogens is 1. The zero-order valence-corrected chi connectivity index (χ0v) is 17.1. The van der Waals surface area contributed by atoms with E-state index in [-0.39, 0.29) is 11.9 Å². The van der Waals surface area contributed by atoms with Gasteiger partial charge in [0.1, 0.15) is 6.04 Å². The largest absolute Gasteiger partial charge is 0.420 e. The fourth-order valence-corrected chi connectivity index (χ4v) is 4.00. The van der Waals surface area contributed by atoms with Gasteiger partial charge < -0.3 is 9.73 Å². The summed E-state index contributed by atoms with van der Waals surface area (Å²) in [6.07, 6.45) is 1.76. The molecule has 2 heterocycles. The fourth-order valence-electron chi connectivity index (χ4n) is 3.87. The van der Waals surface area contributed by atoms with Crippen LogP contribution in [0.2, 0.25) is 5.02 Å². The molecule has 29 heavy (non-hydrogen) atoms. The minimum Gasteiger partial charge on any atom is -0.408 e. The highest BCUT2D eigenvalue weighted by atomic mass is 35.5. The topological polar surface area (TPSA) is 67.5 Å². The number of likely N-dealkylation sites (tertiary alicyclic amines) is 1. The van der Waals surface area contributed by atoms with Crippen molar-refractivity contribution in [3.05, 3.63) is 69.7 Å². The number of carbonyl (C=O) groups is 1. The lowest BCUT2D eigenvalue weighted by molar-refractivity contribution is -0.125. The molecule has 152 valence electrons. The van der Waals surface area contributed by atoms with E-state index in [1.807, 2.05) is 30.3 Å². The normalized spacial score (nSPS) is 16.8. The first-order valence-corrected chi connectivity index (χ1v) is 10.3. The van der Waals surface area contributed by atoms with Crippen molar-refractivity contribution in [1.29, 1.82) is 0 Å². The zero-order chi connectivity index (χ0) is 20.4. The highest BCUT2D eigenvalue weighted by molar-refractivity contribution is 6.30. The van der Waals surface area contributed by atoms with Crippen molar-refractivity contribution in [3.63, 3.8) is 0 Å². The van der Waals surface area contributed by atoms with Crippen LogP contribution in [0.5, 0.6) is 0 Å². The summed E-state index contributed by atoms with van der Waals surface area (Å²) in [5, 5.41) is 3.85. The van der Waals surface area contributed by atoms with Gasteiger partial charge in [0.15, 0.2) is 5.58 Å². The van der Waals surface area contributed by atoms with Crippen molar-refractivity contribution in [2.75, 3.05) is 13.1 Å². The van der Waals surface area contributed by atoms with Gasteiger partial charge in [0.2, 0.25) is 5.91 Å². The maximum Gasteiger partial charge on any atom is 0.420 e. The Kier molecular flexibility index (Phi) is 5.74. The number of halogens is 1. The van der Waals surface area contributed by atoms with Gasteiger partial charge in [-0.05, 0) is 49.6 Å². The molecule has 3 aromatic rings. The van der Waals surface area contributed by atoms with Crippen LogP contribution < -0.4 is 11.1 Å². The van der Waals surface area contributed by atoms with Gasteiger partial charge in [-0.3, -0.25) is 14.3 Å². The molecule has 0 radical (unpaired) electrons. The van der Waals surface area contributed by atoms with E-state index in [9.17, 15) is 9.59 Å². The molecule has 4 rings (SSSR count). The maximum atomic E-state index is 12.8. The number of para-hydroxylation sites is 2. The van der Waals surface area contributed by atoms with Crippen LogP contribution in [0.4, 0.5) is 0 Å². The number of nitrogens with one attached hydrogen (secondary N) is 1. The Morgan fingerprint density at radius 2 is 1.86 bits per heavy atom. The molecular formula is C22H24ClN3O3. The Hall–Kier alpha value is -2.57. The van der Waals surface area contributed by atoms with Crippen LogP contribution in [0.3, 0.4) is 0 Å². The molecule has 1 aliphatic heterocycles. The molecule has 7 heteroatoms. The van der Waals surface area contributed by atoms with E-state index in [0.717, 1.165) is 37.5 Å². The summed E-state index contributed by atoms with van der Waals surface area (Å²) in [6.45, 7) is 4.44. The predicted molar refractivity (Wildman–Crippen MR) is 113 cm³/mol. The van der Waals surface area contributed by atoms with E-state index >= 15 is 0 Å². The number of oxazole rings is 1. The summed E-state index contributed by atoms with van der Waals surface area (Å²) >= 11 is 5.95. The minimum absolute atomic E-state index is 0.111. The number of benzene rings is 2. The van der Waals surface area contributed by atoms with Crippen molar-refractivity contribution < 1.29 is 9.21 Å². The summed E-state index contributed by atoms with van der Waals surface area (Å²) < 4.78 is 6.67. The standard InChI is InChI=1S/C22H24ClN3O3/c1-15(26-19-4-2-3-5-20(19)29-22(26)28)21(27)24-18-10-12-25(13-11-18)14-16-6-8-17(23)9-7-16/h2-9,15,18H,10-14H2,1H3,(H,24,27). The molecule has 0 spiro atoms. The number of hydrogen-bond donors (Lipinski definition) is 1. The second-order valence-corrected chi connectivity index (χ2v) is 8.00. The summed E-state index contributed by atoms with van der Waals surface area (Å²) in [7, 11) is 0. The van der Waals surface area contributed by atoms with E-state index in [2.05, 4.69) is 10.2 Å². The molecule has 1 amide bonds. The summed E-state index contributed by atoms with van der Waals surface area (Å²) in [4.78, 5) is 27.4. The van der Waals surface area contributed by atoms with Gasteiger partial charge >= 0.3 is 5.76 Å². The highest BCUT2D eigenvalue weighted by Crippen LogP contribution is 2.19. The van der Waals surface area contributed by atoms with Gasteiger partial charge in [0, 0.05) is 30.7 Å². The Morgan fingerprint density at radius 1 is 1.17 bits per heavy atom. The molecule has 1 unspecified atom stereocenters.